The zero-order valence-corrected chi connectivity index (χ0v) is 16.4. The zero-order chi connectivity index (χ0) is 17.3. The molecule has 3 rings (SSSR count). The van der Waals surface area contributed by atoms with Crippen LogP contribution in [-0.2, 0) is 9.53 Å². The fourth-order valence-electron chi connectivity index (χ4n) is 7.23. The molecule has 1 unspecified atom stereocenters. The molecule has 7 atom stereocenters. The van der Waals surface area contributed by atoms with Crippen molar-refractivity contribution in [2.45, 2.75) is 98.0 Å². The molecule has 0 aliphatic heterocycles. The van der Waals surface area contributed by atoms with E-state index in [-0.39, 0.29) is 12.1 Å². The molecule has 0 bridgehead atoms. The third kappa shape index (κ3) is 3.03. The summed E-state index contributed by atoms with van der Waals surface area (Å²) >= 11 is 0. The van der Waals surface area contributed by atoms with Crippen LogP contribution in [0.25, 0.3) is 0 Å². The van der Waals surface area contributed by atoms with Crippen LogP contribution in [0, 0.1) is 35.0 Å². The number of ether oxygens (including phenoxy) is 1. The normalized spacial score (nSPS) is 45.2. The van der Waals surface area contributed by atoms with Gasteiger partial charge >= 0.3 is 5.97 Å². The largest absolute Gasteiger partial charge is 0.462 e. The van der Waals surface area contributed by atoms with E-state index in [2.05, 4.69) is 20.8 Å². The highest BCUT2D eigenvalue weighted by Crippen LogP contribution is 2.63. The van der Waals surface area contributed by atoms with E-state index in [0.29, 0.717) is 17.3 Å². The first-order valence-corrected chi connectivity index (χ1v) is 10.7. The van der Waals surface area contributed by atoms with Crippen molar-refractivity contribution < 1.29 is 9.53 Å². The standard InChI is InChI=1S/C22H38O2/c1-5-10-16-11-9-13-19-20(16)21(24-15(3)23)17(6-2)18-12-7-8-14-22(18,19)4/h16-21H,5-14H2,1-4H3/t16-,17-,18+,19+,20?,21-,22+/m1/s1. The first-order valence-electron chi connectivity index (χ1n) is 10.7. The average Bonchev–Trinajstić information content (AvgIpc) is 2.55. The number of carbonyl (C=O) groups excluding carboxylic acids is 1. The maximum atomic E-state index is 11.9. The van der Waals surface area contributed by atoms with Crippen LogP contribution in [0.2, 0.25) is 0 Å². The number of hydrogen-bond donors (Lipinski definition) is 0. The molecule has 0 saturated heterocycles. The van der Waals surface area contributed by atoms with E-state index < -0.39 is 0 Å². The molecule has 0 spiro atoms. The maximum absolute atomic E-state index is 11.9. The first-order chi connectivity index (χ1) is 11.5. The second-order valence-electron chi connectivity index (χ2n) is 9.17. The van der Waals surface area contributed by atoms with Crippen LogP contribution >= 0.6 is 0 Å². The molecule has 3 saturated carbocycles. The Morgan fingerprint density at radius 2 is 1.83 bits per heavy atom. The van der Waals surface area contributed by atoms with Gasteiger partial charge in [0.05, 0.1) is 0 Å². The highest BCUT2D eigenvalue weighted by molar-refractivity contribution is 5.66. The molecule has 3 fully saturated rings. The maximum Gasteiger partial charge on any atom is 0.302 e. The smallest absolute Gasteiger partial charge is 0.302 e. The van der Waals surface area contributed by atoms with E-state index in [1.165, 1.54) is 64.2 Å². The van der Waals surface area contributed by atoms with Gasteiger partial charge in [-0.2, -0.15) is 0 Å². The summed E-state index contributed by atoms with van der Waals surface area (Å²) in [5.41, 5.74) is 0.493. The minimum absolute atomic E-state index is 0.0579. The van der Waals surface area contributed by atoms with Crippen molar-refractivity contribution in [1.29, 1.82) is 0 Å². The predicted molar refractivity (Wildman–Crippen MR) is 98.6 cm³/mol. The molecule has 3 aliphatic carbocycles. The predicted octanol–water partition coefficient (Wildman–Crippen LogP) is 5.99. The van der Waals surface area contributed by atoms with E-state index in [4.69, 9.17) is 4.74 Å². The number of rotatable bonds is 4. The summed E-state index contributed by atoms with van der Waals surface area (Å²) in [6, 6.07) is 0. The Bertz CT molecular complexity index is 443. The minimum Gasteiger partial charge on any atom is -0.462 e. The lowest BCUT2D eigenvalue weighted by Gasteiger charge is -2.62. The summed E-state index contributed by atoms with van der Waals surface area (Å²) in [5.74, 6) is 3.46. The van der Waals surface area contributed by atoms with Gasteiger partial charge in [0, 0.05) is 12.8 Å². The van der Waals surface area contributed by atoms with E-state index >= 15 is 0 Å². The van der Waals surface area contributed by atoms with E-state index in [1.807, 2.05) is 0 Å². The summed E-state index contributed by atoms with van der Waals surface area (Å²) in [6.45, 7) is 8.87. The second-order valence-corrected chi connectivity index (χ2v) is 9.17. The molecule has 0 amide bonds. The highest BCUT2D eigenvalue weighted by atomic mass is 16.5. The summed E-state index contributed by atoms with van der Waals surface area (Å²) in [4.78, 5) is 11.9. The van der Waals surface area contributed by atoms with Gasteiger partial charge in [-0.15, -0.1) is 0 Å². The Morgan fingerprint density at radius 1 is 1.08 bits per heavy atom. The van der Waals surface area contributed by atoms with Crippen molar-refractivity contribution in [3.05, 3.63) is 0 Å². The second kappa shape index (κ2) is 7.38. The third-order valence-corrected chi connectivity index (χ3v) is 8.02. The van der Waals surface area contributed by atoms with Gasteiger partial charge in [-0.05, 0) is 54.8 Å². The Morgan fingerprint density at radius 3 is 2.50 bits per heavy atom. The number of fused-ring (bicyclic) bond motifs is 3. The minimum atomic E-state index is -0.0579. The van der Waals surface area contributed by atoms with Gasteiger partial charge in [0.1, 0.15) is 6.10 Å². The average molecular weight is 335 g/mol. The molecule has 138 valence electrons. The van der Waals surface area contributed by atoms with Crippen LogP contribution in [0.15, 0.2) is 0 Å². The molecular weight excluding hydrogens is 296 g/mol. The molecule has 0 aromatic heterocycles. The summed E-state index contributed by atoms with van der Waals surface area (Å²) in [7, 11) is 0. The summed E-state index contributed by atoms with van der Waals surface area (Å²) in [6.07, 6.45) is 13.6. The molecule has 0 aromatic carbocycles. The Kier molecular flexibility index (Phi) is 5.62. The highest BCUT2D eigenvalue weighted by Gasteiger charge is 2.59. The van der Waals surface area contributed by atoms with Gasteiger partial charge in [0.15, 0.2) is 0 Å². The molecule has 3 aliphatic rings. The number of hydrogen-bond acceptors (Lipinski definition) is 2. The van der Waals surface area contributed by atoms with Crippen molar-refractivity contribution in [2.24, 2.45) is 35.0 Å². The van der Waals surface area contributed by atoms with Crippen LogP contribution in [0.3, 0.4) is 0 Å². The van der Waals surface area contributed by atoms with Crippen LogP contribution in [0.5, 0.6) is 0 Å². The van der Waals surface area contributed by atoms with Crippen LogP contribution in [0.1, 0.15) is 91.9 Å². The lowest BCUT2D eigenvalue weighted by atomic mass is 9.44. The van der Waals surface area contributed by atoms with Gasteiger partial charge in [0.25, 0.3) is 0 Å². The third-order valence-electron chi connectivity index (χ3n) is 8.02. The lowest BCUT2D eigenvalue weighted by Crippen LogP contribution is -2.59. The van der Waals surface area contributed by atoms with Crippen molar-refractivity contribution >= 4 is 5.97 Å². The molecule has 2 heteroatoms. The van der Waals surface area contributed by atoms with Crippen LogP contribution in [0.4, 0.5) is 0 Å². The van der Waals surface area contributed by atoms with Gasteiger partial charge in [-0.3, -0.25) is 4.79 Å². The molecule has 2 nitrogen and oxygen atoms in total. The Balaban J connectivity index is 2.00. The lowest BCUT2D eigenvalue weighted by molar-refractivity contribution is -0.197. The fraction of sp³-hybridized carbons (Fsp3) is 0.955. The van der Waals surface area contributed by atoms with Gasteiger partial charge < -0.3 is 4.74 Å². The van der Waals surface area contributed by atoms with Gasteiger partial charge in [0.2, 0.25) is 0 Å². The topological polar surface area (TPSA) is 26.3 Å². The van der Waals surface area contributed by atoms with Gasteiger partial charge in [-0.25, -0.2) is 0 Å². The van der Waals surface area contributed by atoms with Crippen molar-refractivity contribution in [3.63, 3.8) is 0 Å². The zero-order valence-electron chi connectivity index (χ0n) is 16.4. The molecule has 0 heterocycles. The van der Waals surface area contributed by atoms with Crippen molar-refractivity contribution in [2.75, 3.05) is 0 Å². The monoisotopic (exact) mass is 334 g/mol. The molecule has 24 heavy (non-hydrogen) atoms. The van der Waals surface area contributed by atoms with Crippen molar-refractivity contribution in [1.82, 2.24) is 0 Å². The quantitative estimate of drug-likeness (QED) is 0.590. The fourth-order valence-corrected chi connectivity index (χ4v) is 7.23. The summed E-state index contributed by atoms with van der Waals surface area (Å²) in [5, 5.41) is 0. The SMILES string of the molecule is CCC[C@@H]1CCC[C@H]2C1[C@H](OC(C)=O)[C@H](CC)[C@@H]1CCCC[C@]21C. The number of carbonyl (C=O) groups is 1. The molecule has 0 radical (unpaired) electrons. The van der Waals surface area contributed by atoms with E-state index in [9.17, 15) is 4.79 Å². The molecule has 0 aromatic rings. The first kappa shape index (κ1) is 18.3. The van der Waals surface area contributed by atoms with Crippen LogP contribution in [-0.4, -0.2) is 12.1 Å². The van der Waals surface area contributed by atoms with Crippen molar-refractivity contribution in [3.8, 4) is 0 Å². The van der Waals surface area contributed by atoms with E-state index in [0.717, 1.165) is 17.8 Å². The number of esters is 1. The Labute approximate surface area is 149 Å². The van der Waals surface area contributed by atoms with Crippen LogP contribution < -0.4 is 0 Å². The van der Waals surface area contributed by atoms with Gasteiger partial charge in [-0.1, -0.05) is 59.3 Å². The molecule has 0 N–H and O–H groups in total. The molecular formula is C22H38O2. The Hall–Kier alpha value is -0.530. The van der Waals surface area contributed by atoms with E-state index in [1.54, 1.807) is 6.92 Å². The summed E-state index contributed by atoms with van der Waals surface area (Å²) < 4.78 is 6.10.